The monoisotopic (exact) mass is 341 g/mol. The molecule has 1 N–H and O–H groups in total. The summed E-state index contributed by atoms with van der Waals surface area (Å²) < 4.78 is 14.0. The maximum Gasteiger partial charge on any atom is 0.163 e. The van der Waals surface area contributed by atoms with Gasteiger partial charge in [-0.15, -0.1) is 11.3 Å². The molecule has 0 unspecified atom stereocenters. The van der Waals surface area contributed by atoms with Gasteiger partial charge in [-0.1, -0.05) is 6.07 Å². The summed E-state index contributed by atoms with van der Waals surface area (Å²) in [6.07, 6.45) is 2.25. The molecular weight excluding hydrogens is 322 g/mol. The maximum absolute atomic E-state index is 5.80. The summed E-state index contributed by atoms with van der Waals surface area (Å²) in [5, 5.41) is 5.56. The topological polar surface area (TPSA) is 48.3 Å². The first kappa shape index (κ1) is 14.3. The van der Waals surface area contributed by atoms with E-state index in [2.05, 4.69) is 33.5 Å². The largest absolute Gasteiger partial charge is 0.486 e. The molecule has 1 saturated heterocycles. The van der Waals surface area contributed by atoms with Crippen molar-refractivity contribution in [3.05, 3.63) is 29.6 Å². The third kappa shape index (κ3) is 2.29. The van der Waals surface area contributed by atoms with Crippen molar-refractivity contribution in [2.24, 2.45) is 0 Å². The Morgan fingerprint density at radius 2 is 1.92 bits per heavy atom. The number of rotatable bonds is 2. The number of piperidine rings is 1. The SMILES string of the molecule is c1csc(-c2nc3cc4c(cc3n2C2CCNCC2)OCCO4)c1. The van der Waals surface area contributed by atoms with Gasteiger partial charge in [-0.05, 0) is 37.4 Å². The van der Waals surface area contributed by atoms with Gasteiger partial charge in [0.25, 0.3) is 0 Å². The van der Waals surface area contributed by atoms with Crippen molar-refractivity contribution >= 4 is 22.4 Å². The summed E-state index contributed by atoms with van der Waals surface area (Å²) >= 11 is 1.74. The molecule has 4 heterocycles. The highest BCUT2D eigenvalue weighted by Gasteiger charge is 2.24. The predicted molar refractivity (Wildman–Crippen MR) is 95.2 cm³/mol. The number of nitrogens with zero attached hydrogens (tertiary/aromatic N) is 2. The minimum Gasteiger partial charge on any atom is -0.486 e. The van der Waals surface area contributed by atoms with Crippen LogP contribution in [0.2, 0.25) is 0 Å². The maximum atomic E-state index is 5.80. The lowest BCUT2D eigenvalue weighted by molar-refractivity contribution is 0.172. The zero-order valence-corrected chi connectivity index (χ0v) is 14.1. The van der Waals surface area contributed by atoms with Crippen molar-refractivity contribution in [3.8, 4) is 22.2 Å². The lowest BCUT2D eigenvalue weighted by Crippen LogP contribution is -2.29. The molecule has 2 aromatic heterocycles. The fraction of sp³-hybridized carbons (Fsp3) is 0.389. The number of ether oxygens (including phenoxy) is 2. The average Bonchev–Trinajstić information content (AvgIpc) is 3.28. The van der Waals surface area contributed by atoms with Crippen LogP contribution in [-0.4, -0.2) is 35.9 Å². The van der Waals surface area contributed by atoms with E-state index in [1.807, 2.05) is 6.07 Å². The molecule has 3 aromatic rings. The number of fused-ring (bicyclic) bond motifs is 2. The molecule has 0 amide bonds. The third-order valence-electron chi connectivity index (χ3n) is 4.77. The van der Waals surface area contributed by atoms with Gasteiger partial charge >= 0.3 is 0 Å². The summed E-state index contributed by atoms with van der Waals surface area (Å²) in [6.45, 7) is 3.32. The number of benzene rings is 1. The van der Waals surface area contributed by atoms with E-state index in [1.54, 1.807) is 11.3 Å². The second-order valence-corrected chi connectivity index (χ2v) is 7.20. The van der Waals surface area contributed by atoms with Crippen molar-refractivity contribution in [2.45, 2.75) is 18.9 Å². The van der Waals surface area contributed by atoms with E-state index in [-0.39, 0.29) is 0 Å². The molecule has 0 spiro atoms. The minimum absolute atomic E-state index is 0.468. The first-order valence-corrected chi connectivity index (χ1v) is 9.34. The van der Waals surface area contributed by atoms with Crippen LogP contribution in [0.25, 0.3) is 21.7 Å². The number of nitrogens with one attached hydrogen (secondary N) is 1. The molecule has 0 saturated carbocycles. The number of thiophene rings is 1. The van der Waals surface area contributed by atoms with E-state index in [9.17, 15) is 0 Å². The first-order chi connectivity index (χ1) is 11.9. The number of hydrogen-bond donors (Lipinski definition) is 1. The molecular formula is C18H19N3O2S. The van der Waals surface area contributed by atoms with Gasteiger partial charge in [-0.2, -0.15) is 0 Å². The van der Waals surface area contributed by atoms with E-state index in [1.165, 1.54) is 4.88 Å². The Hall–Kier alpha value is -2.05. The van der Waals surface area contributed by atoms with E-state index in [0.29, 0.717) is 19.3 Å². The van der Waals surface area contributed by atoms with Gasteiger partial charge in [-0.3, -0.25) is 0 Å². The number of hydrogen-bond acceptors (Lipinski definition) is 5. The van der Waals surface area contributed by atoms with Crippen LogP contribution in [0.15, 0.2) is 29.6 Å². The van der Waals surface area contributed by atoms with Gasteiger partial charge in [-0.25, -0.2) is 4.98 Å². The first-order valence-electron chi connectivity index (χ1n) is 8.46. The van der Waals surface area contributed by atoms with Crippen molar-refractivity contribution in [1.82, 2.24) is 14.9 Å². The van der Waals surface area contributed by atoms with Gasteiger partial charge in [0, 0.05) is 18.2 Å². The van der Waals surface area contributed by atoms with Gasteiger partial charge in [0.1, 0.15) is 13.2 Å². The van der Waals surface area contributed by atoms with Crippen LogP contribution in [0.1, 0.15) is 18.9 Å². The number of imidazole rings is 1. The van der Waals surface area contributed by atoms with Crippen LogP contribution in [0.5, 0.6) is 11.5 Å². The zero-order valence-electron chi connectivity index (χ0n) is 13.3. The van der Waals surface area contributed by atoms with Crippen LogP contribution < -0.4 is 14.8 Å². The molecule has 5 rings (SSSR count). The van der Waals surface area contributed by atoms with Gasteiger partial charge in [0.05, 0.1) is 15.9 Å². The lowest BCUT2D eigenvalue weighted by atomic mass is 10.1. The Kier molecular flexibility index (Phi) is 3.45. The summed E-state index contributed by atoms with van der Waals surface area (Å²) in [4.78, 5) is 6.17. The van der Waals surface area contributed by atoms with Crippen LogP contribution >= 0.6 is 11.3 Å². The molecule has 0 bridgehead atoms. The fourth-order valence-corrected chi connectivity index (χ4v) is 4.36. The van der Waals surface area contributed by atoms with E-state index >= 15 is 0 Å². The number of aromatic nitrogens is 2. The molecule has 6 heteroatoms. The Morgan fingerprint density at radius 1 is 1.12 bits per heavy atom. The summed E-state index contributed by atoms with van der Waals surface area (Å²) in [5.74, 6) is 2.71. The Balaban J connectivity index is 1.73. The second-order valence-electron chi connectivity index (χ2n) is 6.25. The van der Waals surface area contributed by atoms with Crippen LogP contribution in [0, 0.1) is 0 Å². The van der Waals surface area contributed by atoms with E-state index in [0.717, 1.165) is 54.3 Å². The molecule has 1 fully saturated rings. The Morgan fingerprint density at radius 3 is 2.67 bits per heavy atom. The van der Waals surface area contributed by atoms with Crippen LogP contribution in [-0.2, 0) is 0 Å². The molecule has 0 aliphatic carbocycles. The van der Waals surface area contributed by atoms with Crippen molar-refractivity contribution in [3.63, 3.8) is 0 Å². The summed E-state index contributed by atoms with van der Waals surface area (Å²) in [5.41, 5.74) is 2.13. The molecule has 0 radical (unpaired) electrons. The van der Waals surface area contributed by atoms with Crippen molar-refractivity contribution in [1.29, 1.82) is 0 Å². The molecule has 124 valence electrons. The molecule has 2 aliphatic heterocycles. The van der Waals surface area contributed by atoms with Crippen molar-refractivity contribution < 1.29 is 9.47 Å². The molecule has 0 atom stereocenters. The van der Waals surface area contributed by atoms with Gasteiger partial charge in [0.2, 0.25) is 0 Å². The van der Waals surface area contributed by atoms with E-state index < -0.39 is 0 Å². The Bertz CT molecular complexity index is 866. The lowest BCUT2D eigenvalue weighted by Gasteiger charge is -2.26. The molecule has 2 aliphatic rings. The average molecular weight is 341 g/mol. The smallest absolute Gasteiger partial charge is 0.163 e. The quantitative estimate of drug-likeness (QED) is 0.775. The molecule has 5 nitrogen and oxygen atoms in total. The molecule has 1 aromatic carbocycles. The summed E-state index contributed by atoms with van der Waals surface area (Å²) in [6, 6.07) is 8.84. The zero-order chi connectivity index (χ0) is 15.9. The highest BCUT2D eigenvalue weighted by atomic mass is 32.1. The summed E-state index contributed by atoms with van der Waals surface area (Å²) in [7, 11) is 0. The second kappa shape index (κ2) is 5.79. The van der Waals surface area contributed by atoms with E-state index in [4.69, 9.17) is 14.5 Å². The standard InChI is InChI=1S/C18H19N3O2S/c1-2-17(24-9-1)18-20-13-10-15-16(23-8-7-22-15)11-14(13)21(18)12-3-5-19-6-4-12/h1-2,9-12,19H,3-8H2. The molecule has 24 heavy (non-hydrogen) atoms. The predicted octanol–water partition coefficient (Wildman–Crippen LogP) is 3.46. The highest BCUT2D eigenvalue weighted by Crippen LogP contribution is 2.39. The van der Waals surface area contributed by atoms with Crippen LogP contribution in [0.3, 0.4) is 0 Å². The van der Waals surface area contributed by atoms with Gasteiger partial charge < -0.3 is 19.4 Å². The normalized spacial score (nSPS) is 18.2. The Labute approximate surface area is 144 Å². The highest BCUT2D eigenvalue weighted by molar-refractivity contribution is 7.13. The third-order valence-corrected chi connectivity index (χ3v) is 5.63. The fourth-order valence-electron chi connectivity index (χ4n) is 3.65. The minimum atomic E-state index is 0.468. The van der Waals surface area contributed by atoms with Gasteiger partial charge in [0.15, 0.2) is 17.3 Å². The van der Waals surface area contributed by atoms with Crippen molar-refractivity contribution in [2.75, 3.05) is 26.3 Å². The van der Waals surface area contributed by atoms with Crippen LogP contribution in [0.4, 0.5) is 0 Å².